The summed E-state index contributed by atoms with van der Waals surface area (Å²) in [5.41, 5.74) is 0. The smallest absolute Gasteiger partial charge is 0.114 e. The number of rotatable bonds is 9. The zero-order valence-corrected chi connectivity index (χ0v) is 11.6. The molecule has 4 unspecified atom stereocenters. The average Bonchev–Trinajstić information content (AvgIpc) is 2.37. The zero-order chi connectivity index (χ0) is 14.0. The summed E-state index contributed by atoms with van der Waals surface area (Å²) < 4.78 is 0. The van der Waals surface area contributed by atoms with Crippen molar-refractivity contribution in [2.24, 2.45) is 11.8 Å². The second kappa shape index (κ2) is 10.0. The Morgan fingerprint density at radius 3 is 1.39 bits per heavy atom. The number of aliphatic hydroxyl groups is 2. The molecule has 0 spiro atoms. The molecule has 2 nitrogen and oxygen atoms in total. The van der Waals surface area contributed by atoms with E-state index in [9.17, 15) is 10.2 Å². The van der Waals surface area contributed by atoms with Crippen LogP contribution in [0.2, 0.25) is 0 Å². The van der Waals surface area contributed by atoms with Crippen LogP contribution < -0.4 is 0 Å². The van der Waals surface area contributed by atoms with E-state index in [-0.39, 0.29) is 0 Å². The first-order valence-corrected chi connectivity index (χ1v) is 6.79. The Labute approximate surface area is 112 Å². The van der Waals surface area contributed by atoms with Gasteiger partial charge in [-0.15, -0.1) is 12.8 Å². The Kier molecular flexibility index (Phi) is 9.47. The fourth-order valence-electron chi connectivity index (χ4n) is 2.00. The van der Waals surface area contributed by atoms with E-state index in [0.717, 1.165) is 25.7 Å². The fourth-order valence-corrected chi connectivity index (χ4v) is 2.00. The first-order valence-electron chi connectivity index (χ1n) is 6.79. The zero-order valence-electron chi connectivity index (χ0n) is 11.6. The van der Waals surface area contributed by atoms with Gasteiger partial charge in [0.2, 0.25) is 0 Å². The normalized spacial score (nSPS) is 17.2. The Balaban J connectivity index is 3.67. The lowest BCUT2D eigenvalue weighted by atomic mass is 9.86. The molecule has 102 valence electrons. The van der Waals surface area contributed by atoms with Gasteiger partial charge >= 0.3 is 0 Å². The molecule has 0 aromatic heterocycles. The van der Waals surface area contributed by atoms with Gasteiger partial charge in [-0.25, -0.2) is 0 Å². The molecule has 0 bridgehead atoms. The summed E-state index contributed by atoms with van der Waals surface area (Å²) in [5.74, 6) is 5.88. The molecule has 0 amide bonds. The summed E-state index contributed by atoms with van der Waals surface area (Å²) in [4.78, 5) is 0. The number of terminal acetylenes is 2. The molecule has 0 rings (SSSR count). The third-order valence-electron chi connectivity index (χ3n) is 3.63. The van der Waals surface area contributed by atoms with Crippen molar-refractivity contribution in [3.63, 3.8) is 0 Å². The molecule has 0 radical (unpaired) electrons. The highest BCUT2D eigenvalue weighted by Gasteiger charge is 2.13. The Bertz CT molecular complexity index is 254. The Morgan fingerprint density at radius 2 is 1.11 bits per heavy atom. The third kappa shape index (κ3) is 8.18. The van der Waals surface area contributed by atoms with E-state index in [1.807, 2.05) is 0 Å². The molecule has 0 aromatic rings. The van der Waals surface area contributed by atoms with Crippen molar-refractivity contribution in [2.75, 3.05) is 0 Å². The molecular formula is C16H26O2. The molecule has 0 aliphatic heterocycles. The molecule has 0 aliphatic carbocycles. The molecule has 4 atom stereocenters. The predicted octanol–water partition coefficient (Wildman–Crippen LogP) is 2.59. The first-order chi connectivity index (χ1) is 8.51. The molecule has 0 aromatic carbocycles. The summed E-state index contributed by atoms with van der Waals surface area (Å²) in [6.45, 7) is 4.45. The van der Waals surface area contributed by atoms with Crippen LogP contribution in [0.25, 0.3) is 0 Å². The quantitative estimate of drug-likeness (QED) is 0.618. The topological polar surface area (TPSA) is 40.5 Å². The lowest BCUT2D eigenvalue weighted by Gasteiger charge is -2.20. The maximum Gasteiger partial charge on any atom is 0.114 e. The summed E-state index contributed by atoms with van der Waals surface area (Å²) in [6.07, 6.45) is 14.5. The second-order valence-electron chi connectivity index (χ2n) is 5.18. The monoisotopic (exact) mass is 250 g/mol. The van der Waals surface area contributed by atoms with Crippen LogP contribution in [0.5, 0.6) is 0 Å². The summed E-state index contributed by atoms with van der Waals surface area (Å²) >= 11 is 0. The van der Waals surface area contributed by atoms with Crippen LogP contribution in [-0.4, -0.2) is 22.4 Å². The third-order valence-corrected chi connectivity index (χ3v) is 3.63. The Hall–Kier alpha value is -0.960. The molecule has 2 heteroatoms. The lowest BCUT2D eigenvalue weighted by molar-refractivity contribution is 0.203. The van der Waals surface area contributed by atoms with Gasteiger partial charge in [0, 0.05) is 0 Å². The first kappa shape index (κ1) is 17.0. The van der Waals surface area contributed by atoms with E-state index in [1.54, 1.807) is 0 Å². The van der Waals surface area contributed by atoms with Crippen molar-refractivity contribution >= 4 is 0 Å². The highest BCUT2D eigenvalue weighted by molar-refractivity contribution is 4.93. The summed E-state index contributed by atoms with van der Waals surface area (Å²) in [6, 6.07) is 0. The van der Waals surface area contributed by atoms with Crippen LogP contribution in [0, 0.1) is 36.5 Å². The van der Waals surface area contributed by atoms with Crippen LogP contribution in [0.4, 0.5) is 0 Å². The van der Waals surface area contributed by atoms with Crippen LogP contribution in [0.15, 0.2) is 0 Å². The van der Waals surface area contributed by atoms with E-state index in [1.165, 1.54) is 0 Å². The van der Waals surface area contributed by atoms with Gasteiger partial charge in [0.05, 0.1) is 0 Å². The van der Waals surface area contributed by atoms with Crippen molar-refractivity contribution in [3.8, 4) is 24.7 Å². The second-order valence-corrected chi connectivity index (χ2v) is 5.18. The van der Waals surface area contributed by atoms with Crippen molar-refractivity contribution in [2.45, 2.75) is 64.6 Å². The molecule has 18 heavy (non-hydrogen) atoms. The SMILES string of the molecule is C#CC(O)CCCC(C)C(C)CCCC(O)C#C. The van der Waals surface area contributed by atoms with Gasteiger partial charge in [0.15, 0.2) is 0 Å². The van der Waals surface area contributed by atoms with E-state index >= 15 is 0 Å². The number of hydrogen-bond donors (Lipinski definition) is 2. The van der Waals surface area contributed by atoms with Gasteiger partial charge in [0.1, 0.15) is 12.2 Å². The van der Waals surface area contributed by atoms with Gasteiger partial charge in [-0.2, -0.15) is 0 Å². The number of hydrogen-bond acceptors (Lipinski definition) is 2. The Morgan fingerprint density at radius 1 is 0.778 bits per heavy atom. The number of aliphatic hydroxyl groups excluding tert-OH is 2. The fraction of sp³-hybridized carbons (Fsp3) is 0.750. The van der Waals surface area contributed by atoms with Crippen LogP contribution in [0.3, 0.4) is 0 Å². The molecule has 0 saturated heterocycles. The molecular weight excluding hydrogens is 224 g/mol. The molecule has 0 fully saturated rings. The average molecular weight is 250 g/mol. The minimum Gasteiger partial charge on any atom is -0.380 e. The van der Waals surface area contributed by atoms with Gasteiger partial charge in [-0.1, -0.05) is 38.5 Å². The minimum absolute atomic E-state index is 0.599. The summed E-state index contributed by atoms with van der Waals surface area (Å²) in [7, 11) is 0. The van der Waals surface area contributed by atoms with E-state index < -0.39 is 12.2 Å². The van der Waals surface area contributed by atoms with Gasteiger partial charge in [-0.05, 0) is 37.5 Å². The van der Waals surface area contributed by atoms with Crippen LogP contribution in [0.1, 0.15) is 52.4 Å². The summed E-state index contributed by atoms with van der Waals surface area (Å²) in [5, 5.41) is 18.5. The molecule has 2 N–H and O–H groups in total. The highest BCUT2D eigenvalue weighted by Crippen LogP contribution is 2.23. The van der Waals surface area contributed by atoms with Gasteiger partial charge in [0.25, 0.3) is 0 Å². The van der Waals surface area contributed by atoms with E-state index in [2.05, 4.69) is 25.7 Å². The molecule has 0 heterocycles. The van der Waals surface area contributed by atoms with Crippen LogP contribution in [-0.2, 0) is 0 Å². The largest absolute Gasteiger partial charge is 0.380 e. The maximum atomic E-state index is 9.26. The maximum absolute atomic E-state index is 9.26. The highest BCUT2D eigenvalue weighted by atomic mass is 16.3. The van der Waals surface area contributed by atoms with Gasteiger partial charge in [-0.3, -0.25) is 0 Å². The van der Waals surface area contributed by atoms with Crippen molar-refractivity contribution in [3.05, 3.63) is 0 Å². The van der Waals surface area contributed by atoms with Crippen molar-refractivity contribution in [1.82, 2.24) is 0 Å². The molecule has 0 saturated carbocycles. The van der Waals surface area contributed by atoms with Gasteiger partial charge < -0.3 is 10.2 Å². The van der Waals surface area contributed by atoms with Crippen molar-refractivity contribution < 1.29 is 10.2 Å². The lowest BCUT2D eigenvalue weighted by Crippen LogP contribution is -2.11. The predicted molar refractivity (Wildman–Crippen MR) is 75.7 cm³/mol. The molecule has 0 aliphatic rings. The van der Waals surface area contributed by atoms with E-state index in [4.69, 9.17) is 12.8 Å². The minimum atomic E-state index is -0.599. The van der Waals surface area contributed by atoms with E-state index in [0.29, 0.717) is 24.7 Å². The van der Waals surface area contributed by atoms with Crippen LogP contribution >= 0.6 is 0 Å². The van der Waals surface area contributed by atoms with Crippen molar-refractivity contribution in [1.29, 1.82) is 0 Å². The standard InChI is InChI=1S/C16H26O2/c1-5-15(17)11-7-9-13(3)14(4)10-8-12-16(18)6-2/h1-2,13-18H,7-12H2,3-4H3.